The Bertz CT molecular complexity index is 694. The molecule has 0 amide bonds. The molecule has 1 aliphatic heterocycles. The molecular weight excluding hydrogens is 250 g/mol. The summed E-state index contributed by atoms with van der Waals surface area (Å²) in [6, 6.07) is 3.61. The molecule has 0 bridgehead atoms. The van der Waals surface area contributed by atoms with Gasteiger partial charge in [-0.3, -0.25) is 9.79 Å². The first kappa shape index (κ1) is 11.0. The van der Waals surface area contributed by atoms with Gasteiger partial charge in [-0.05, 0) is 18.4 Å². The maximum absolute atomic E-state index is 11.9. The van der Waals surface area contributed by atoms with Crippen LogP contribution in [-0.2, 0) is 0 Å². The van der Waals surface area contributed by atoms with Gasteiger partial charge in [0.2, 0.25) is 0 Å². The highest BCUT2D eigenvalue weighted by atomic mass is 32.2. The Morgan fingerprint density at radius 2 is 2.22 bits per heavy atom. The Morgan fingerprint density at radius 3 is 3.06 bits per heavy atom. The number of hydrogen-bond acceptors (Lipinski definition) is 6. The summed E-state index contributed by atoms with van der Waals surface area (Å²) in [5.41, 5.74) is 0.875. The molecule has 3 heterocycles. The van der Waals surface area contributed by atoms with E-state index in [4.69, 9.17) is 0 Å². The quantitative estimate of drug-likeness (QED) is 0.513. The number of aliphatic imine (C=N–C) groups is 1. The molecule has 0 spiro atoms. The van der Waals surface area contributed by atoms with E-state index in [0.29, 0.717) is 28.0 Å². The van der Waals surface area contributed by atoms with Gasteiger partial charge in [0.15, 0.2) is 11.0 Å². The highest BCUT2D eigenvalue weighted by Gasteiger charge is 2.15. The average Bonchev–Trinajstić information content (AvgIpc) is 2.57. The fraction of sp³-hybridized carbons (Fsp3) is 0.0909. The molecule has 6 nitrogen and oxygen atoms in total. The maximum Gasteiger partial charge on any atom is 0.262 e. The fourth-order valence-electron chi connectivity index (χ4n) is 1.62. The molecule has 0 atom stereocenters. The molecule has 0 fully saturated rings. The van der Waals surface area contributed by atoms with Crippen LogP contribution in [0.2, 0.25) is 0 Å². The molecule has 0 saturated heterocycles. The van der Waals surface area contributed by atoms with E-state index in [1.54, 1.807) is 12.3 Å². The molecule has 2 aromatic heterocycles. The smallest absolute Gasteiger partial charge is 0.262 e. The molecule has 3 rings (SSSR count). The first-order chi connectivity index (χ1) is 8.78. The topological polar surface area (TPSA) is 83.0 Å². The van der Waals surface area contributed by atoms with E-state index in [0.717, 1.165) is 0 Å². The molecule has 2 N–H and O–H groups in total. The van der Waals surface area contributed by atoms with Gasteiger partial charge in [0.1, 0.15) is 17.1 Å². The summed E-state index contributed by atoms with van der Waals surface area (Å²) >= 11 is 1.37. The number of aromatic amines is 1. The molecule has 0 saturated carbocycles. The predicted molar refractivity (Wildman–Crippen MR) is 71.4 cm³/mol. The molecule has 0 radical (unpaired) electrons. The van der Waals surface area contributed by atoms with E-state index in [2.05, 4.69) is 25.3 Å². The minimum atomic E-state index is -0.214. The minimum Gasteiger partial charge on any atom is -0.322 e. The van der Waals surface area contributed by atoms with Crippen LogP contribution >= 0.6 is 11.8 Å². The Labute approximate surface area is 107 Å². The monoisotopic (exact) mass is 259 g/mol. The van der Waals surface area contributed by atoms with Crippen LogP contribution in [0.15, 0.2) is 33.3 Å². The van der Waals surface area contributed by atoms with Crippen molar-refractivity contribution in [1.82, 2.24) is 15.0 Å². The minimum absolute atomic E-state index is 0.214. The van der Waals surface area contributed by atoms with Crippen LogP contribution in [0.5, 0.6) is 0 Å². The number of thioether (sulfide) groups is 1. The Morgan fingerprint density at radius 1 is 1.33 bits per heavy atom. The van der Waals surface area contributed by atoms with Gasteiger partial charge in [-0.1, -0.05) is 11.8 Å². The highest BCUT2D eigenvalue weighted by molar-refractivity contribution is 7.98. The van der Waals surface area contributed by atoms with Gasteiger partial charge in [-0.15, -0.1) is 0 Å². The molecule has 0 aromatic carbocycles. The normalized spacial score (nSPS) is 12.3. The largest absolute Gasteiger partial charge is 0.322 e. The zero-order valence-electron chi connectivity index (χ0n) is 9.47. The van der Waals surface area contributed by atoms with Crippen LogP contribution in [0.3, 0.4) is 0 Å². The second-order valence-electron chi connectivity index (χ2n) is 3.59. The van der Waals surface area contributed by atoms with Crippen molar-refractivity contribution in [2.45, 2.75) is 5.16 Å². The van der Waals surface area contributed by atoms with Crippen LogP contribution < -0.4 is 10.9 Å². The van der Waals surface area contributed by atoms with Gasteiger partial charge >= 0.3 is 0 Å². The number of rotatable bonds is 1. The van der Waals surface area contributed by atoms with Crippen LogP contribution in [0.25, 0.3) is 0 Å². The van der Waals surface area contributed by atoms with E-state index in [-0.39, 0.29) is 5.56 Å². The van der Waals surface area contributed by atoms with Crippen molar-refractivity contribution >= 4 is 35.3 Å². The molecule has 7 heteroatoms. The Kier molecular flexibility index (Phi) is 2.60. The second kappa shape index (κ2) is 4.26. The fourth-order valence-corrected chi connectivity index (χ4v) is 1.99. The molecule has 18 heavy (non-hydrogen) atoms. The van der Waals surface area contributed by atoms with Crippen molar-refractivity contribution < 1.29 is 0 Å². The summed E-state index contributed by atoms with van der Waals surface area (Å²) in [7, 11) is 0. The number of hydrogen-bond donors (Lipinski definition) is 2. The van der Waals surface area contributed by atoms with Gasteiger partial charge in [0.25, 0.3) is 5.56 Å². The molecule has 2 aromatic rings. The van der Waals surface area contributed by atoms with Gasteiger partial charge in [0.05, 0.1) is 0 Å². The molecule has 0 unspecified atom stereocenters. The third kappa shape index (κ3) is 1.78. The lowest BCUT2D eigenvalue weighted by atomic mass is 10.3. The lowest BCUT2D eigenvalue weighted by Crippen LogP contribution is -2.16. The van der Waals surface area contributed by atoms with Crippen molar-refractivity contribution in [1.29, 1.82) is 0 Å². The summed E-state index contributed by atoms with van der Waals surface area (Å²) in [5.74, 6) is 1.07. The number of aromatic nitrogens is 3. The summed E-state index contributed by atoms with van der Waals surface area (Å²) in [5, 5.41) is 3.59. The SMILES string of the molecule is CSc1nc2c(c(=O)[nH]1)C=Nc1cccnc1N2. The van der Waals surface area contributed by atoms with Crippen molar-refractivity contribution in [2.24, 2.45) is 4.99 Å². The van der Waals surface area contributed by atoms with Crippen molar-refractivity contribution in [3.63, 3.8) is 0 Å². The second-order valence-corrected chi connectivity index (χ2v) is 4.39. The average molecular weight is 259 g/mol. The van der Waals surface area contributed by atoms with Crippen LogP contribution in [-0.4, -0.2) is 27.4 Å². The van der Waals surface area contributed by atoms with Crippen molar-refractivity contribution in [3.05, 3.63) is 34.2 Å². The summed E-state index contributed by atoms with van der Waals surface area (Å²) in [6.45, 7) is 0. The lowest BCUT2D eigenvalue weighted by Gasteiger charge is -2.06. The van der Waals surface area contributed by atoms with Crippen LogP contribution in [0.4, 0.5) is 17.3 Å². The Hall–Kier alpha value is -2.15. The first-order valence-electron chi connectivity index (χ1n) is 5.22. The predicted octanol–water partition coefficient (Wildman–Crippen LogP) is 1.69. The summed E-state index contributed by atoms with van der Waals surface area (Å²) in [6.07, 6.45) is 5.02. The Balaban J connectivity index is 2.21. The first-order valence-corrected chi connectivity index (χ1v) is 6.45. The third-order valence-electron chi connectivity index (χ3n) is 2.48. The molecule has 1 aliphatic rings. The van der Waals surface area contributed by atoms with Crippen molar-refractivity contribution in [2.75, 3.05) is 11.6 Å². The zero-order valence-corrected chi connectivity index (χ0v) is 10.3. The third-order valence-corrected chi connectivity index (χ3v) is 3.06. The van der Waals surface area contributed by atoms with Crippen LogP contribution in [0, 0.1) is 0 Å². The number of fused-ring (bicyclic) bond motifs is 2. The van der Waals surface area contributed by atoms with Gasteiger partial charge in [-0.2, -0.15) is 0 Å². The van der Waals surface area contributed by atoms with E-state index in [9.17, 15) is 4.79 Å². The lowest BCUT2D eigenvalue weighted by molar-refractivity contribution is 0.941. The van der Waals surface area contributed by atoms with E-state index >= 15 is 0 Å². The molecular formula is C11H9N5OS. The molecule has 90 valence electrons. The number of pyridine rings is 1. The van der Waals surface area contributed by atoms with E-state index < -0.39 is 0 Å². The van der Waals surface area contributed by atoms with E-state index in [1.165, 1.54) is 18.0 Å². The summed E-state index contributed by atoms with van der Waals surface area (Å²) in [4.78, 5) is 27.3. The molecule has 0 aliphatic carbocycles. The standard InChI is InChI=1S/C11H9N5OS/c1-18-11-15-8-6(10(17)16-11)5-13-7-3-2-4-12-9(7)14-8/h2-5H,1H3,(H2,12,14,15,16,17). The number of anilines is 2. The number of nitrogens with one attached hydrogen (secondary N) is 2. The van der Waals surface area contributed by atoms with E-state index in [1.807, 2.05) is 12.3 Å². The maximum atomic E-state index is 11.9. The zero-order chi connectivity index (χ0) is 12.5. The number of nitrogens with zero attached hydrogens (tertiary/aromatic N) is 3. The highest BCUT2D eigenvalue weighted by Crippen LogP contribution is 2.28. The van der Waals surface area contributed by atoms with Gasteiger partial charge < -0.3 is 10.3 Å². The van der Waals surface area contributed by atoms with Crippen molar-refractivity contribution in [3.8, 4) is 0 Å². The van der Waals surface area contributed by atoms with Crippen LogP contribution in [0.1, 0.15) is 5.56 Å². The number of H-pyrrole nitrogens is 1. The van der Waals surface area contributed by atoms with Gasteiger partial charge in [0, 0.05) is 12.4 Å². The summed E-state index contributed by atoms with van der Waals surface area (Å²) < 4.78 is 0. The van der Waals surface area contributed by atoms with Gasteiger partial charge in [-0.25, -0.2) is 9.97 Å².